The highest BCUT2D eigenvalue weighted by atomic mass is 19.1. The Bertz CT molecular complexity index is 1190. The molecular formula is C23H19FN4O2. The van der Waals surface area contributed by atoms with Crippen LogP contribution >= 0.6 is 0 Å². The molecule has 5 rings (SSSR count). The molecule has 2 aromatic heterocycles. The van der Waals surface area contributed by atoms with E-state index in [4.69, 9.17) is 4.74 Å². The normalized spacial score (nSPS) is 13.9. The van der Waals surface area contributed by atoms with Crippen molar-refractivity contribution in [1.82, 2.24) is 19.9 Å². The van der Waals surface area contributed by atoms with Crippen molar-refractivity contribution in [3.8, 4) is 22.9 Å². The van der Waals surface area contributed by atoms with Crippen molar-refractivity contribution in [3.05, 3.63) is 72.2 Å². The highest BCUT2D eigenvalue weighted by molar-refractivity contribution is 5.78. The van der Waals surface area contributed by atoms with Crippen LogP contribution in [-0.2, 0) is 11.3 Å². The van der Waals surface area contributed by atoms with E-state index in [1.165, 1.54) is 12.1 Å². The second-order valence-corrected chi connectivity index (χ2v) is 7.26. The third-order valence-electron chi connectivity index (χ3n) is 5.17. The molecule has 4 aromatic rings. The first kappa shape index (κ1) is 18.3. The summed E-state index contributed by atoms with van der Waals surface area (Å²) in [6.45, 7) is 1.21. The Morgan fingerprint density at radius 3 is 2.77 bits per heavy atom. The van der Waals surface area contributed by atoms with Crippen molar-refractivity contribution >= 4 is 17.1 Å². The number of halogens is 1. The highest BCUT2D eigenvalue weighted by Crippen LogP contribution is 2.32. The van der Waals surface area contributed by atoms with Crippen LogP contribution in [-0.4, -0.2) is 32.3 Å². The smallest absolute Gasteiger partial charge is 0.222 e. The molecule has 1 aliphatic rings. The third-order valence-corrected chi connectivity index (χ3v) is 5.17. The Morgan fingerprint density at radius 1 is 1.13 bits per heavy atom. The molecule has 3 heterocycles. The predicted octanol–water partition coefficient (Wildman–Crippen LogP) is 4.68. The van der Waals surface area contributed by atoms with Gasteiger partial charge in [-0.25, -0.2) is 14.4 Å². The Balaban J connectivity index is 1.52. The number of amides is 1. The van der Waals surface area contributed by atoms with Crippen LogP contribution in [0.15, 0.2) is 60.8 Å². The Hall–Kier alpha value is -3.74. The first-order valence-electron chi connectivity index (χ1n) is 9.81. The van der Waals surface area contributed by atoms with Crippen molar-refractivity contribution in [2.45, 2.75) is 19.4 Å². The Morgan fingerprint density at radius 2 is 2.00 bits per heavy atom. The number of carbonyl (C=O) groups excluding carboxylic acids is 1. The van der Waals surface area contributed by atoms with Crippen molar-refractivity contribution in [1.29, 1.82) is 0 Å². The molecule has 0 aliphatic carbocycles. The maximum Gasteiger partial charge on any atom is 0.222 e. The lowest BCUT2D eigenvalue weighted by Gasteiger charge is -2.19. The van der Waals surface area contributed by atoms with E-state index in [1.54, 1.807) is 18.3 Å². The van der Waals surface area contributed by atoms with Crippen LogP contribution in [0.5, 0.6) is 11.5 Å². The van der Waals surface area contributed by atoms with E-state index in [9.17, 15) is 9.18 Å². The molecule has 1 saturated heterocycles. The van der Waals surface area contributed by atoms with Gasteiger partial charge in [-0.05, 0) is 48.9 Å². The number of aromatic amines is 1. The average molecular weight is 402 g/mol. The quantitative estimate of drug-likeness (QED) is 0.526. The summed E-state index contributed by atoms with van der Waals surface area (Å²) in [7, 11) is 0. The number of H-pyrrole nitrogens is 1. The number of benzene rings is 2. The summed E-state index contributed by atoms with van der Waals surface area (Å²) in [6.07, 6.45) is 3.15. The summed E-state index contributed by atoms with van der Waals surface area (Å²) < 4.78 is 19.4. The van der Waals surface area contributed by atoms with Crippen LogP contribution in [0.4, 0.5) is 4.39 Å². The van der Waals surface area contributed by atoms with Crippen LogP contribution in [0.25, 0.3) is 22.6 Å². The lowest BCUT2D eigenvalue weighted by molar-refractivity contribution is -0.128. The van der Waals surface area contributed by atoms with Gasteiger partial charge in [-0.15, -0.1) is 0 Å². The number of hydrogen-bond acceptors (Lipinski definition) is 4. The van der Waals surface area contributed by atoms with Gasteiger partial charge in [-0.2, -0.15) is 0 Å². The third kappa shape index (κ3) is 3.61. The molecule has 2 aromatic carbocycles. The van der Waals surface area contributed by atoms with Crippen molar-refractivity contribution < 1.29 is 13.9 Å². The Labute approximate surface area is 172 Å². The number of ether oxygens (including phenoxy) is 1. The zero-order valence-electron chi connectivity index (χ0n) is 16.1. The van der Waals surface area contributed by atoms with E-state index in [0.29, 0.717) is 35.9 Å². The van der Waals surface area contributed by atoms with Gasteiger partial charge >= 0.3 is 0 Å². The molecule has 1 fully saturated rings. The molecule has 7 heteroatoms. The topological polar surface area (TPSA) is 71.1 Å². The maximum absolute atomic E-state index is 13.3. The minimum absolute atomic E-state index is 0.148. The molecule has 0 unspecified atom stereocenters. The van der Waals surface area contributed by atoms with Crippen molar-refractivity contribution in [3.63, 3.8) is 0 Å². The van der Waals surface area contributed by atoms with E-state index < -0.39 is 0 Å². The Kier molecular flexibility index (Phi) is 4.63. The van der Waals surface area contributed by atoms with E-state index >= 15 is 0 Å². The summed E-state index contributed by atoms with van der Waals surface area (Å²) in [5.41, 5.74) is 3.20. The molecule has 0 saturated carbocycles. The number of likely N-dealkylation sites (tertiary alicyclic amines) is 1. The van der Waals surface area contributed by atoms with Gasteiger partial charge in [-0.3, -0.25) is 4.79 Å². The second-order valence-electron chi connectivity index (χ2n) is 7.26. The average Bonchev–Trinajstić information content (AvgIpc) is 3.37. The number of rotatable bonds is 5. The van der Waals surface area contributed by atoms with Gasteiger partial charge in [-0.1, -0.05) is 12.1 Å². The lowest BCUT2D eigenvalue weighted by Crippen LogP contribution is -2.24. The fraction of sp³-hybridized carbons (Fsp3) is 0.174. The molecule has 1 amide bonds. The number of fused-ring (bicyclic) bond motifs is 1. The molecule has 1 aliphatic heterocycles. The fourth-order valence-corrected chi connectivity index (χ4v) is 3.62. The SMILES string of the molecule is O=C1CCCN1Cc1ccc(-c2nc3ncccc3[nH]2)cc1Oc1ccc(F)cc1. The number of aromatic nitrogens is 3. The van der Waals surface area contributed by atoms with E-state index in [0.717, 1.165) is 29.6 Å². The predicted molar refractivity (Wildman–Crippen MR) is 110 cm³/mol. The fourth-order valence-electron chi connectivity index (χ4n) is 3.62. The monoisotopic (exact) mass is 402 g/mol. The van der Waals surface area contributed by atoms with Crippen LogP contribution in [0.3, 0.4) is 0 Å². The highest BCUT2D eigenvalue weighted by Gasteiger charge is 2.22. The summed E-state index contributed by atoms with van der Waals surface area (Å²) in [4.78, 5) is 26.0. The maximum atomic E-state index is 13.3. The van der Waals surface area contributed by atoms with Crippen LogP contribution in [0, 0.1) is 5.82 Å². The molecule has 0 bridgehead atoms. The number of pyridine rings is 1. The van der Waals surface area contributed by atoms with Crippen molar-refractivity contribution in [2.24, 2.45) is 0 Å². The van der Waals surface area contributed by atoms with Gasteiger partial charge in [0.2, 0.25) is 5.91 Å². The summed E-state index contributed by atoms with van der Waals surface area (Å²) in [5, 5.41) is 0. The van der Waals surface area contributed by atoms with E-state index in [2.05, 4.69) is 15.0 Å². The number of nitrogens with one attached hydrogen (secondary N) is 1. The van der Waals surface area contributed by atoms with Gasteiger partial charge in [0.05, 0.1) is 5.52 Å². The first-order chi connectivity index (χ1) is 14.7. The molecule has 150 valence electrons. The first-order valence-corrected chi connectivity index (χ1v) is 9.81. The summed E-state index contributed by atoms with van der Waals surface area (Å²) in [6, 6.07) is 15.4. The zero-order chi connectivity index (χ0) is 20.5. The molecule has 30 heavy (non-hydrogen) atoms. The van der Waals surface area contributed by atoms with Gasteiger partial charge in [0.1, 0.15) is 23.1 Å². The number of imidazole rings is 1. The van der Waals surface area contributed by atoms with Gasteiger partial charge in [0.25, 0.3) is 0 Å². The number of carbonyl (C=O) groups is 1. The lowest BCUT2D eigenvalue weighted by atomic mass is 10.1. The molecule has 1 N–H and O–H groups in total. The van der Waals surface area contributed by atoms with Gasteiger partial charge in [0.15, 0.2) is 5.65 Å². The van der Waals surface area contributed by atoms with Gasteiger partial charge < -0.3 is 14.6 Å². The zero-order valence-corrected chi connectivity index (χ0v) is 16.1. The number of hydrogen-bond donors (Lipinski definition) is 1. The van der Waals surface area contributed by atoms with Crippen LogP contribution in [0.1, 0.15) is 18.4 Å². The number of nitrogens with zero attached hydrogens (tertiary/aromatic N) is 3. The largest absolute Gasteiger partial charge is 0.457 e. The van der Waals surface area contributed by atoms with Crippen LogP contribution in [0.2, 0.25) is 0 Å². The molecule has 0 radical (unpaired) electrons. The van der Waals surface area contributed by atoms with E-state index in [1.807, 2.05) is 35.2 Å². The summed E-state index contributed by atoms with van der Waals surface area (Å²) >= 11 is 0. The molecule has 6 nitrogen and oxygen atoms in total. The van der Waals surface area contributed by atoms with E-state index in [-0.39, 0.29) is 11.7 Å². The second kappa shape index (κ2) is 7.59. The molecular weight excluding hydrogens is 383 g/mol. The minimum Gasteiger partial charge on any atom is -0.457 e. The van der Waals surface area contributed by atoms with Gasteiger partial charge in [0, 0.05) is 36.8 Å². The molecule has 0 spiro atoms. The van der Waals surface area contributed by atoms with Crippen molar-refractivity contribution in [2.75, 3.05) is 6.54 Å². The molecule has 0 atom stereocenters. The standard InChI is InChI=1S/C23H19FN4O2/c24-17-7-9-18(10-8-17)30-20-13-15(22-26-19-3-1-11-25-23(19)27-22)5-6-16(20)14-28-12-2-4-21(28)29/h1,3,5-11,13H,2,4,12,14H2,(H,25,26,27). The minimum atomic E-state index is -0.325. The summed E-state index contributed by atoms with van der Waals surface area (Å²) in [5.74, 6) is 1.63. The van der Waals surface area contributed by atoms with Crippen LogP contribution < -0.4 is 4.74 Å².